The van der Waals surface area contributed by atoms with Gasteiger partial charge >= 0.3 is 0 Å². The molecule has 0 saturated carbocycles. The van der Waals surface area contributed by atoms with Crippen molar-refractivity contribution in [2.24, 2.45) is 0 Å². The van der Waals surface area contributed by atoms with E-state index in [1.54, 1.807) is 0 Å². The molecule has 0 bridgehead atoms. The highest BCUT2D eigenvalue weighted by molar-refractivity contribution is 6.14. The van der Waals surface area contributed by atoms with Crippen LogP contribution in [0.5, 0.6) is 0 Å². The summed E-state index contributed by atoms with van der Waals surface area (Å²) in [7, 11) is 0. The Morgan fingerprint density at radius 3 is 1.25 bits per heavy atom. The molecule has 10 rings (SSSR count). The predicted octanol–water partition coefficient (Wildman–Crippen LogP) is 15.4. The van der Waals surface area contributed by atoms with Crippen molar-refractivity contribution < 1.29 is 4.42 Å². The third-order valence-electron chi connectivity index (χ3n) is 10.7. The predicted molar refractivity (Wildman–Crippen MR) is 236 cm³/mol. The lowest BCUT2D eigenvalue weighted by Gasteiger charge is -2.32. The van der Waals surface area contributed by atoms with E-state index in [0.29, 0.717) is 0 Å². The van der Waals surface area contributed by atoms with Crippen molar-refractivity contribution in [3.05, 3.63) is 224 Å². The van der Waals surface area contributed by atoms with Crippen LogP contribution in [0.4, 0.5) is 17.1 Å². The number of hydrogen-bond acceptors (Lipinski definition) is 2. The fourth-order valence-electron chi connectivity index (χ4n) is 8.25. The molecule has 56 heavy (non-hydrogen) atoms. The van der Waals surface area contributed by atoms with E-state index in [2.05, 4.69) is 223 Å². The molecule has 0 aliphatic rings. The summed E-state index contributed by atoms with van der Waals surface area (Å²) < 4.78 is 6.42. The molecular formula is C54H37NO. The molecular weight excluding hydrogens is 679 g/mol. The molecule has 0 aliphatic carbocycles. The second kappa shape index (κ2) is 14.4. The Kier molecular flexibility index (Phi) is 8.55. The molecule has 264 valence electrons. The topological polar surface area (TPSA) is 16.4 Å². The van der Waals surface area contributed by atoms with Crippen LogP contribution in [0, 0.1) is 0 Å². The summed E-state index contributed by atoms with van der Waals surface area (Å²) in [6.45, 7) is 0. The second-order valence-corrected chi connectivity index (χ2v) is 14.0. The maximum Gasteiger partial charge on any atom is 0.136 e. The van der Waals surface area contributed by atoms with Gasteiger partial charge in [-0.3, -0.25) is 0 Å². The van der Waals surface area contributed by atoms with Gasteiger partial charge in [0.25, 0.3) is 0 Å². The SMILES string of the molecule is c1ccc(-c2ccccc2-c2ccccc2-c2ccccc2N(c2ccccc2-c2ccccc2)c2ccccc2-c2cccc3oc4ccccc4c23)cc1. The number of benzene rings is 9. The highest BCUT2D eigenvalue weighted by Crippen LogP contribution is 2.50. The first-order valence-electron chi connectivity index (χ1n) is 19.1. The molecule has 0 spiro atoms. The van der Waals surface area contributed by atoms with Crippen LogP contribution in [0.3, 0.4) is 0 Å². The van der Waals surface area contributed by atoms with Crippen LogP contribution in [0.25, 0.3) is 77.6 Å². The second-order valence-electron chi connectivity index (χ2n) is 14.0. The number of para-hydroxylation sites is 4. The zero-order chi connectivity index (χ0) is 37.3. The molecule has 0 amide bonds. The summed E-state index contributed by atoms with van der Waals surface area (Å²) >= 11 is 0. The van der Waals surface area contributed by atoms with Crippen LogP contribution in [-0.4, -0.2) is 0 Å². The molecule has 0 radical (unpaired) electrons. The first kappa shape index (κ1) is 33.2. The maximum absolute atomic E-state index is 6.42. The molecule has 0 saturated heterocycles. The molecule has 9 aromatic carbocycles. The lowest BCUT2D eigenvalue weighted by atomic mass is 9.88. The average molecular weight is 716 g/mol. The van der Waals surface area contributed by atoms with Crippen LogP contribution in [0.2, 0.25) is 0 Å². The van der Waals surface area contributed by atoms with E-state index in [1.807, 2.05) is 6.07 Å². The van der Waals surface area contributed by atoms with Gasteiger partial charge in [-0.1, -0.05) is 194 Å². The fourth-order valence-corrected chi connectivity index (χ4v) is 8.25. The lowest BCUT2D eigenvalue weighted by molar-refractivity contribution is 0.669. The van der Waals surface area contributed by atoms with Crippen molar-refractivity contribution in [3.63, 3.8) is 0 Å². The zero-order valence-corrected chi connectivity index (χ0v) is 30.7. The van der Waals surface area contributed by atoms with Gasteiger partial charge in [-0.15, -0.1) is 0 Å². The Balaban J connectivity index is 1.25. The van der Waals surface area contributed by atoms with E-state index in [4.69, 9.17) is 4.42 Å². The van der Waals surface area contributed by atoms with Crippen molar-refractivity contribution in [1.82, 2.24) is 0 Å². The number of hydrogen-bond donors (Lipinski definition) is 0. The van der Waals surface area contributed by atoms with Crippen LogP contribution >= 0.6 is 0 Å². The van der Waals surface area contributed by atoms with Gasteiger partial charge in [0.05, 0.1) is 17.1 Å². The van der Waals surface area contributed by atoms with Gasteiger partial charge in [-0.05, 0) is 69.3 Å². The smallest absolute Gasteiger partial charge is 0.136 e. The minimum atomic E-state index is 0.876. The van der Waals surface area contributed by atoms with Gasteiger partial charge in [0, 0.05) is 27.5 Å². The van der Waals surface area contributed by atoms with Crippen LogP contribution in [0.15, 0.2) is 229 Å². The first-order valence-corrected chi connectivity index (χ1v) is 19.1. The summed E-state index contributed by atoms with van der Waals surface area (Å²) in [6.07, 6.45) is 0. The summed E-state index contributed by atoms with van der Waals surface area (Å²) in [6, 6.07) is 80.1. The van der Waals surface area contributed by atoms with E-state index < -0.39 is 0 Å². The molecule has 2 heteroatoms. The summed E-state index contributed by atoms with van der Waals surface area (Å²) in [5, 5.41) is 2.22. The number of rotatable bonds is 8. The number of fused-ring (bicyclic) bond motifs is 3. The lowest BCUT2D eigenvalue weighted by Crippen LogP contribution is -2.13. The molecule has 1 aromatic heterocycles. The van der Waals surface area contributed by atoms with Gasteiger partial charge in [0.1, 0.15) is 11.2 Å². The van der Waals surface area contributed by atoms with Crippen molar-refractivity contribution in [2.45, 2.75) is 0 Å². The maximum atomic E-state index is 6.42. The van der Waals surface area contributed by atoms with E-state index in [-0.39, 0.29) is 0 Å². The van der Waals surface area contributed by atoms with Crippen LogP contribution < -0.4 is 4.90 Å². The normalized spacial score (nSPS) is 11.2. The highest BCUT2D eigenvalue weighted by atomic mass is 16.3. The van der Waals surface area contributed by atoms with E-state index >= 15 is 0 Å². The van der Waals surface area contributed by atoms with Crippen molar-refractivity contribution in [1.29, 1.82) is 0 Å². The fraction of sp³-hybridized carbons (Fsp3) is 0. The Hall–Kier alpha value is -7.42. The Morgan fingerprint density at radius 1 is 0.250 bits per heavy atom. The summed E-state index contributed by atoms with van der Waals surface area (Å²) in [4.78, 5) is 2.47. The van der Waals surface area contributed by atoms with Gasteiger partial charge < -0.3 is 9.32 Å². The molecule has 10 aromatic rings. The molecule has 0 aliphatic heterocycles. The highest BCUT2D eigenvalue weighted by Gasteiger charge is 2.25. The average Bonchev–Trinajstić information content (AvgIpc) is 3.67. The standard InChI is InChI=1S/C54H37NO/c1-3-20-38(21-4-1)40-24-7-8-26-42(40)43-27-9-10-28-44(43)45-29-12-16-34-50(45)55(49-33-15-11-25-41(49)39-22-5-2-6-23-39)51-35-17-13-30-46(51)47-32-19-37-53-54(47)48-31-14-18-36-52(48)56-53/h1-37H. The van der Waals surface area contributed by atoms with Crippen LogP contribution in [-0.2, 0) is 0 Å². The van der Waals surface area contributed by atoms with Gasteiger partial charge in [0.2, 0.25) is 0 Å². The van der Waals surface area contributed by atoms with Gasteiger partial charge in [-0.25, -0.2) is 0 Å². The Bertz CT molecular complexity index is 2980. The molecule has 2 nitrogen and oxygen atoms in total. The van der Waals surface area contributed by atoms with Crippen molar-refractivity contribution in [2.75, 3.05) is 4.90 Å². The molecule has 0 atom stereocenters. The first-order chi connectivity index (χ1) is 27.8. The number of furan rings is 1. The Morgan fingerprint density at radius 2 is 0.625 bits per heavy atom. The minimum absolute atomic E-state index is 0.876. The molecule has 0 unspecified atom stereocenters. The van der Waals surface area contributed by atoms with Gasteiger partial charge in [-0.2, -0.15) is 0 Å². The van der Waals surface area contributed by atoms with E-state index in [9.17, 15) is 0 Å². The summed E-state index contributed by atoms with van der Waals surface area (Å²) in [5.41, 5.74) is 16.6. The third-order valence-corrected chi connectivity index (χ3v) is 10.7. The largest absolute Gasteiger partial charge is 0.456 e. The van der Waals surface area contributed by atoms with Crippen molar-refractivity contribution >= 4 is 39.0 Å². The zero-order valence-electron chi connectivity index (χ0n) is 30.7. The van der Waals surface area contributed by atoms with E-state index in [1.165, 1.54) is 22.3 Å². The molecule has 1 heterocycles. The monoisotopic (exact) mass is 715 g/mol. The number of nitrogens with zero attached hydrogens (tertiary/aromatic N) is 1. The number of anilines is 3. The quantitative estimate of drug-likeness (QED) is 0.156. The summed E-state index contributed by atoms with van der Waals surface area (Å²) in [5.74, 6) is 0. The van der Waals surface area contributed by atoms with Gasteiger partial charge in [0.15, 0.2) is 0 Å². The van der Waals surface area contributed by atoms with Crippen LogP contribution in [0.1, 0.15) is 0 Å². The molecule has 0 N–H and O–H groups in total. The minimum Gasteiger partial charge on any atom is -0.456 e. The van der Waals surface area contributed by atoms with E-state index in [0.717, 1.165) is 72.4 Å². The third kappa shape index (κ3) is 5.85. The Labute approximate surface area is 327 Å². The molecule has 0 fully saturated rings. The van der Waals surface area contributed by atoms with Crippen molar-refractivity contribution in [3.8, 4) is 55.6 Å².